The highest BCUT2D eigenvalue weighted by molar-refractivity contribution is 6.30. The van der Waals surface area contributed by atoms with Gasteiger partial charge < -0.3 is 9.47 Å². The molecule has 32 heavy (non-hydrogen) atoms. The summed E-state index contributed by atoms with van der Waals surface area (Å²) >= 11 is 6.16. The molecule has 160 valence electrons. The number of carbonyl (C=O) groups excluding carboxylic acids is 1. The number of halogens is 1. The Labute approximate surface area is 191 Å². The van der Waals surface area contributed by atoms with Gasteiger partial charge in [-0.15, -0.1) is 0 Å². The van der Waals surface area contributed by atoms with Crippen LogP contribution in [-0.4, -0.2) is 29.8 Å². The molecule has 3 aromatic carbocycles. The molecule has 6 heteroatoms. The summed E-state index contributed by atoms with van der Waals surface area (Å²) in [5.74, 6) is 1.36. The van der Waals surface area contributed by atoms with Gasteiger partial charge in [0, 0.05) is 27.9 Å². The number of hydrogen-bond donors (Lipinski definition) is 0. The fourth-order valence-electron chi connectivity index (χ4n) is 3.25. The van der Waals surface area contributed by atoms with Gasteiger partial charge in [0.25, 0.3) is 0 Å². The molecule has 0 bridgehead atoms. The zero-order valence-corrected chi connectivity index (χ0v) is 18.4. The first kappa shape index (κ1) is 21.4. The second-order valence-electron chi connectivity index (χ2n) is 7.01. The molecule has 0 atom stereocenters. The van der Waals surface area contributed by atoms with Crippen LogP contribution < -0.4 is 9.47 Å². The molecular formula is C26H21ClN2O3. The van der Waals surface area contributed by atoms with Crippen molar-refractivity contribution in [1.82, 2.24) is 9.78 Å². The van der Waals surface area contributed by atoms with Crippen molar-refractivity contribution in [2.75, 3.05) is 14.2 Å². The van der Waals surface area contributed by atoms with Gasteiger partial charge >= 0.3 is 0 Å². The average molecular weight is 445 g/mol. The molecule has 1 heterocycles. The molecule has 4 aromatic rings. The van der Waals surface area contributed by atoms with Gasteiger partial charge in [-0.25, -0.2) is 4.68 Å². The predicted molar refractivity (Wildman–Crippen MR) is 127 cm³/mol. The van der Waals surface area contributed by atoms with Gasteiger partial charge in [0.1, 0.15) is 11.5 Å². The Bertz CT molecular complexity index is 1260. The summed E-state index contributed by atoms with van der Waals surface area (Å²) in [5, 5.41) is 5.38. The maximum Gasteiger partial charge on any atom is 0.185 e. The highest BCUT2D eigenvalue weighted by Gasteiger charge is 2.12. The second-order valence-corrected chi connectivity index (χ2v) is 7.45. The van der Waals surface area contributed by atoms with Gasteiger partial charge in [0.2, 0.25) is 0 Å². The summed E-state index contributed by atoms with van der Waals surface area (Å²) < 4.78 is 12.2. The van der Waals surface area contributed by atoms with Crippen molar-refractivity contribution in [2.24, 2.45) is 0 Å². The fourth-order valence-corrected chi connectivity index (χ4v) is 3.43. The number of allylic oxidation sites excluding steroid dienone is 1. The van der Waals surface area contributed by atoms with Crippen molar-refractivity contribution in [3.05, 3.63) is 101 Å². The number of hydrogen-bond acceptors (Lipinski definition) is 4. The summed E-state index contributed by atoms with van der Waals surface area (Å²) in [4.78, 5) is 12.7. The van der Waals surface area contributed by atoms with E-state index in [1.807, 2.05) is 54.7 Å². The van der Waals surface area contributed by atoms with Crippen molar-refractivity contribution in [1.29, 1.82) is 0 Å². The van der Waals surface area contributed by atoms with Crippen molar-refractivity contribution < 1.29 is 14.3 Å². The van der Waals surface area contributed by atoms with Gasteiger partial charge in [0.15, 0.2) is 5.78 Å². The van der Waals surface area contributed by atoms with Crippen molar-refractivity contribution in [3.8, 4) is 28.4 Å². The first-order valence-corrected chi connectivity index (χ1v) is 10.3. The van der Waals surface area contributed by atoms with Gasteiger partial charge in [-0.3, -0.25) is 4.79 Å². The SMILES string of the molecule is COc1ccc(C(=O)/C=C/c2cn(-c3cccc(Cl)c3)nc2-c2ccc(OC)cc2)cc1. The third-order valence-electron chi connectivity index (χ3n) is 4.97. The zero-order valence-electron chi connectivity index (χ0n) is 17.7. The predicted octanol–water partition coefficient (Wildman–Crippen LogP) is 6.11. The van der Waals surface area contributed by atoms with E-state index in [1.54, 1.807) is 55.3 Å². The molecule has 5 nitrogen and oxygen atoms in total. The molecule has 0 unspecified atom stereocenters. The van der Waals surface area contributed by atoms with E-state index >= 15 is 0 Å². The Morgan fingerprint density at radius 2 is 1.59 bits per heavy atom. The molecule has 0 amide bonds. The van der Waals surface area contributed by atoms with Crippen LogP contribution in [0.2, 0.25) is 5.02 Å². The minimum absolute atomic E-state index is 0.108. The summed E-state index contributed by atoms with van der Waals surface area (Å²) in [6.45, 7) is 0. The van der Waals surface area contributed by atoms with Crippen LogP contribution in [0.3, 0.4) is 0 Å². The molecule has 0 aliphatic rings. The third-order valence-corrected chi connectivity index (χ3v) is 5.20. The number of carbonyl (C=O) groups is 1. The van der Waals surface area contributed by atoms with Crippen LogP contribution in [0, 0.1) is 0 Å². The Morgan fingerprint density at radius 1 is 0.938 bits per heavy atom. The lowest BCUT2D eigenvalue weighted by Crippen LogP contribution is -1.94. The first-order chi connectivity index (χ1) is 15.6. The van der Waals surface area contributed by atoms with Crippen molar-refractivity contribution in [2.45, 2.75) is 0 Å². The number of ketones is 1. The molecule has 0 aliphatic heterocycles. The third kappa shape index (κ3) is 4.74. The maximum atomic E-state index is 12.7. The normalized spacial score (nSPS) is 11.0. The number of aromatic nitrogens is 2. The number of methoxy groups -OCH3 is 2. The molecule has 1 aromatic heterocycles. The smallest absolute Gasteiger partial charge is 0.185 e. The topological polar surface area (TPSA) is 53.4 Å². The number of ether oxygens (including phenoxy) is 2. The van der Waals surface area contributed by atoms with E-state index in [-0.39, 0.29) is 5.78 Å². The number of nitrogens with zero attached hydrogens (tertiary/aromatic N) is 2. The highest BCUT2D eigenvalue weighted by atomic mass is 35.5. The van der Waals surface area contributed by atoms with Gasteiger partial charge in [-0.2, -0.15) is 5.10 Å². The zero-order chi connectivity index (χ0) is 22.5. The molecule has 0 fully saturated rings. The van der Waals surface area contributed by atoms with Gasteiger partial charge in [-0.1, -0.05) is 17.7 Å². The van der Waals surface area contributed by atoms with Crippen LogP contribution in [0.4, 0.5) is 0 Å². The minimum atomic E-state index is -0.108. The first-order valence-electron chi connectivity index (χ1n) is 9.94. The Hall–Kier alpha value is -3.83. The van der Waals surface area contributed by atoms with E-state index in [1.165, 1.54) is 0 Å². The maximum absolute atomic E-state index is 12.7. The standard InChI is InChI=1S/C26H21ClN2O3/c1-31-23-11-6-18(7-12-23)25(30)15-10-20-17-29(22-5-3-4-21(27)16-22)28-26(20)19-8-13-24(32-2)14-9-19/h3-17H,1-2H3/b15-10+. The van der Waals surface area contributed by atoms with Crippen LogP contribution >= 0.6 is 11.6 Å². The average Bonchev–Trinajstić information content (AvgIpc) is 3.27. The molecule has 0 saturated heterocycles. The van der Waals surface area contributed by atoms with Crippen molar-refractivity contribution in [3.63, 3.8) is 0 Å². The summed E-state index contributed by atoms with van der Waals surface area (Å²) in [6.07, 6.45) is 5.21. The highest BCUT2D eigenvalue weighted by Crippen LogP contribution is 2.27. The van der Waals surface area contributed by atoms with Crippen LogP contribution in [0.5, 0.6) is 11.5 Å². The summed E-state index contributed by atoms with van der Waals surface area (Å²) in [6, 6.07) is 22.1. The van der Waals surface area contributed by atoms with E-state index in [2.05, 4.69) is 0 Å². The quantitative estimate of drug-likeness (QED) is 0.255. The molecule has 0 aliphatic carbocycles. The Balaban J connectivity index is 1.71. The van der Waals surface area contributed by atoms with E-state index < -0.39 is 0 Å². The van der Waals surface area contributed by atoms with Gasteiger partial charge in [-0.05, 0) is 78.9 Å². The van der Waals surface area contributed by atoms with Crippen LogP contribution in [0.25, 0.3) is 23.0 Å². The van der Waals surface area contributed by atoms with E-state index in [4.69, 9.17) is 26.2 Å². The summed E-state index contributed by atoms with van der Waals surface area (Å²) in [5.41, 5.74) is 3.86. The van der Waals surface area contributed by atoms with Gasteiger partial charge in [0.05, 0.1) is 25.6 Å². The molecule has 0 saturated carbocycles. The van der Waals surface area contributed by atoms with Crippen LogP contribution in [-0.2, 0) is 0 Å². The fraction of sp³-hybridized carbons (Fsp3) is 0.0769. The molecular weight excluding hydrogens is 424 g/mol. The monoisotopic (exact) mass is 444 g/mol. The number of rotatable bonds is 7. The number of benzene rings is 3. The second kappa shape index (κ2) is 9.54. The molecule has 4 rings (SSSR count). The van der Waals surface area contributed by atoms with E-state index in [0.29, 0.717) is 16.3 Å². The largest absolute Gasteiger partial charge is 0.497 e. The lowest BCUT2D eigenvalue weighted by atomic mass is 10.1. The minimum Gasteiger partial charge on any atom is -0.497 e. The molecule has 0 radical (unpaired) electrons. The Morgan fingerprint density at radius 3 is 2.22 bits per heavy atom. The van der Waals surface area contributed by atoms with Crippen molar-refractivity contribution >= 4 is 23.5 Å². The molecule has 0 N–H and O–H groups in total. The summed E-state index contributed by atoms with van der Waals surface area (Å²) in [7, 11) is 3.22. The van der Waals surface area contributed by atoms with E-state index in [0.717, 1.165) is 28.3 Å². The van der Waals surface area contributed by atoms with E-state index in [9.17, 15) is 4.79 Å². The lowest BCUT2D eigenvalue weighted by molar-refractivity contribution is 0.104. The van der Waals surface area contributed by atoms with Crippen LogP contribution in [0.1, 0.15) is 15.9 Å². The Kier molecular flexibility index (Phi) is 6.38. The van der Waals surface area contributed by atoms with Crippen LogP contribution in [0.15, 0.2) is 85.1 Å². The lowest BCUT2D eigenvalue weighted by Gasteiger charge is -2.03. The molecule has 0 spiro atoms.